The minimum atomic E-state index is 0. The van der Waals surface area contributed by atoms with Crippen LogP contribution >= 0.6 is 12.4 Å². The summed E-state index contributed by atoms with van der Waals surface area (Å²) in [6, 6.07) is 18.7. The van der Waals surface area contributed by atoms with Gasteiger partial charge in [-0.3, -0.25) is 0 Å². The highest BCUT2D eigenvalue weighted by Crippen LogP contribution is 2.35. The lowest BCUT2D eigenvalue weighted by Gasteiger charge is -2.27. The highest BCUT2D eigenvalue weighted by atomic mass is 35.5. The predicted octanol–water partition coefficient (Wildman–Crippen LogP) is 4.72. The van der Waals surface area contributed by atoms with Gasteiger partial charge in [-0.05, 0) is 54.9 Å². The molecule has 5 rings (SSSR count). The average molecular weight is 339 g/mol. The maximum absolute atomic E-state index is 3.95. The third-order valence-electron chi connectivity index (χ3n) is 5.60. The van der Waals surface area contributed by atoms with E-state index in [1.807, 2.05) is 0 Å². The van der Waals surface area contributed by atoms with Crippen molar-refractivity contribution in [3.05, 3.63) is 70.9 Å². The second-order valence-corrected chi connectivity index (χ2v) is 7.05. The Hall–Kier alpha value is -1.77. The molecule has 3 aromatic rings. The molecule has 0 saturated heterocycles. The van der Waals surface area contributed by atoms with Gasteiger partial charge >= 0.3 is 0 Å². The molecule has 1 unspecified atom stereocenters. The molecule has 24 heavy (non-hydrogen) atoms. The molecular weight excluding hydrogens is 316 g/mol. The lowest BCUT2D eigenvalue weighted by Crippen LogP contribution is -2.35. The number of hydrogen-bond acceptors (Lipinski definition) is 1. The van der Waals surface area contributed by atoms with Gasteiger partial charge in [0.1, 0.15) is 0 Å². The standard InChI is InChI=1S/C21H22N2.ClH/c1-2-7-15-13-16(12-14(15)6-1)22-20-11-5-9-18-17-8-3-4-10-19(17)23-21(18)20;/h1-4,6-8,10,16,20,22-23H,5,9,11-13H2;1H. The van der Waals surface area contributed by atoms with Crippen LogP contribution < -0.4 is 5.32 Å². The molecule has 0 amide bonds. The molecule has 2 aliphatic rings. The monoisotopic (exact) mass is 338 g/mol. The smallest absolute Gasteiger partial charge is 0.0478 e. The minimum absolute atomic E-state index is 0. The second kappa shape index (κ2) is 6.27. The summed E-state index contributed by atoms with van der Waals surface area (Å²) in [5.74, 6) is 0. The Morgan fingerprint density at radius 2 is 1.62 bits per heavy atom. The fourth-order valence-corrected chi connectivity index (χ4v) is 4.54. The number of aromatic nitrogens is 1. The van der Waals surface area contributed by atoms with E-state index in [9.17, 15) is 0 Å². The molecule has 0 fully saturated rings. The summed E-state index contributed by atoms with van der Waals surface area (Å²) in [6.45, 7) is 0. The van der Waals surface area contributed by atoms with Gasteiger partial charge in [-0.25, -0.2) is 0 Å². The maximum Gasteiger partial charge on any atom is 0.0478 e. The Labute approximate surface area is 149 Å². The van der Waals surface area contributed by atoms with Crippen LogP contribution in [0.3, 0.4) is 0 Å². The molecule has 3 heteroatoms. The van der Waals surface area contributed by atoms with Gasteiger partial charge in [0, 0.05) is 28.7 Å². The fraction of sp³-hybridized carbons (Fsp3) is 0.333. The van der Waals surface area contributed by atoms with Crippen LogP contribution in [0.2, 0.25) is 0 Å². The number of aryl methyl sites for hydroxylation is 1. The molecule has 1 aromatic heterocycles. The van der Waals surface area contributed by atoms with Crippen molar-refractivity contribution in [1.29, 1.82) is 0 Å². The van der Waals surface area contributed by atoms with Crippen molar-refractivity contribution in [2.24, 2.45) is 0 Å². The van der Waals surface area contributed by atoms with E-state index < -0.39 is 0 Å². The topological polar surface area (TPSA) is 27.8 Å². The summed E-state index contributed by atoms with van der Waals surface area (Å²) < 4.78 is 0. The van der Waals surface area contributed by atoms with E-state index in [1.54, 1.807) is 5.56 Å². The summed E-state index contributed by atoms with van der Waals surface area (Å²) in [5.41, 5.74) is 7.32. The number of aromatic amines is 1. The molecule has 0 saturated carbocycles. The molecule has 2 nitrogen and oxygen atoms in total. The largest absolute Gasteiger partial charge is 0.357 e. The van der Waals surface area contributed by atoms with Crippen molar-refractivity contribution in [3.8, 4) is 0 Å². The van der Waals surface area contributed by atoms with E-state index in [2.05, 4.69) is 58.8 Å². The molecule has 2 aromatic carbocycles. The van der Waals surface area contributed by atoms with Gasteiger partial charge in [0.25, 0.3) is 0 Å². The Morgan fingerprint density at radius 3 is 2.42 bits per heavy atom. The average Bonchev–Trinajstić information content (AvgIpc) is 3.16. The van der Waals surface area contributed by atoms with Crippen molar-refractivity contribution in [3.63, 3.8) is 0 Å². The summed E-state index contributed by atoms with van der Waals surface area (Å²) in [5, 5.41) is 5.37. The number of H-pyrrole nitrogens is 1. The molecule has 2 N–H and O–H groups in total. The molecule has 0 bridgehead atoms. The lowest BCUT2D eigenvalue weighted by atomic mass is 9.91. The van der Waals surface area contributed by atoms with Gasteiger partial charge < -0.3 is 10.3 Å². The van der Waals surface area contributed by atoms with Crippen molar-refractivity contribution < 1.29 is 0 Å². The Balaban J connectivity index is 0.00000146. The fourth-order valence-electron chi connectivity index (χ4n) is 4.54. The third kappa shape index (κ3) is 2.54. The SMILES string of the molecule is Cl.c1ccc2c(c1)CC(NC1CCCc3c1[nH]c1ccccc31)C2. The Kier molecular flexibility index (Phi) is 4.11. The predicted molar refractivity (Wildman–Crippen MR) is 102 cm³/mol. The van der Waals surface area contributed by atoms with Crippen LogP contribution in [0.25, 0.3) is 10.9 Å². The summed E-state index contributed by atoms with van der Waals surface area (Å²) in [6.07, 6.45) is 6.08. The molecule has 124 valence electrons. The second-order valence-electron chi connectivity index (χ2n) is 7.05. The first-order chi connectivity index (χ1) is 11.4. The zero-order chi connectivity index (χ0) is 15.2. The van der Waals surface area contributed by atoms with Crippen LogP contribution in [0.1, 0.15) is 41.3 Å². The van der Waals surface area contributed by atoms with Crippen LogP contribution in [0, 0.1) is 0 Å². The molecule has 0 aliphatic heterocycles. The maximum atomic E-state index is 3.95. The quantitative estimate of drug-likeness (QED) is 0.695. The van der Waals surface area contributed by atoms with Crippen molar-refractivity contribution in [1.82, 2.24) is 10.3 Å². The molecule has 0 radical (unpaired) electrons. The van der Waals surface area contributed by atoms with E-state index in [0.29, 0.717) is 12.1 Å². The zero-order valence-electron chi connectivity index (χ0n) is 13.7. The van der Waals surface area contributed by atoms with E-state index in [-0.39, 0.29) is 12.4 Å². The first kappa shape index (κ1) is 15.7. The van der Waals surface area contributed by atoms with Gasteiger partial charge in [-0.1, -0.05) is 42.5 Å². The van der Waals surface area contributed by atoms with Crippen molar-refractivity contribution >= 4 is 23.3 Å². The normalized spacial score (nSPS) is 19.8. The van der Waals surface area contributed by atoms with Crippen LogP contribution in [0.5, 0.6) is 0 Å². The molecule has 2 aliphatic carbocycles. The van der Waals surface area contributed by atoms with Gasteiger partial charge in [-0.15, -0.1) is 12.4 Å². The Bertz CT molecular complexity index is 842. The molecule has 1 heterocycles. The van der Waals surface area contributed by atoms with Crippen molar-refractivity contribution in [2.45, 2.75) is 44.2 Å². The molecule has 1 atom stereocenters. The Morgan fingerprint density at radius 1 is 0.917 bits per heavy atom. The van der Waals surface area contributed by atoms with Gasteiger partial charge in [0.05, 0.1) is 0 Å². The van der Waals surface area contributed by atoms with Crippen LogP contribution in [0.15, 0.2) is 48.5 Å². The van der Waals surface area contributed by atoms with Gasteiger partial charge in [0.2, 0.25) is 0 Å². The molecule has 0 spiro atoms. The summed E-state index contributed by atoms with van der Waals surface area (Å²) >= 11 is 0. The first-order valence-electron chi connectivity index (χ1n) is 8.81. The number of benzene rings is 2. The van der Waals surface area contributed by atoms with E-state index in [4.69, 9.17) is 0 Å². The highest BCUT2D eigenvalue weighted by molar-refractivity contribution is 5.85. The third-order valence-corrected chi connectivity index (χ3v) is 5.60. The number of rotatable bonds is 2. The number of hydrogen-bond donors (Lipinski definition) is 2. The minimum Gasteiger partial charge on any atom is -0.357 e. The summed E-state index contributed by atoms with van der Waals surface area (Å²) in [4.78, 5) is 3.70. The van der Waals surface area contributed by atoms with Gasteiger partial charge in [-0.2, -0.15) is 0 Å². The highest BCUT2D eigenvalue weighted by Gasteiger charge is 2.28. The van der Waals surface area contributed by atoms with E-state index >= 15 is 0 Å². The van der Waals surface area contributed by atoms with Crippen LogP contribution in [0.4, 0.5) is 0 Å². The number of halogens is 1. The summed E-state index contributed by atoms with van der Waals surface area (Å²) in [7, 11) is 0. The number of fused-ring (bicyclic) bond motifs is 4. The van der Waals surface area contributed by atoms with Crippen molar-refractivity contribution in [2.75, 3.05) is 0 Å². The van der Waals surface area contributed by atoms with Gasteiger partial charge in [0.15, 0.2) is 0 Å². The van der Waals surface area contributed by atoms with E-state index in [0.717, 1.165) is 0 Å². The first-order valence-corrected chi connectivity index (χ1v) is 8.81. The molecular formula is C21H23ClN2. The van der Waals surface area contributed by atoms with Crippen LogP contribution in [-0.4, -0.2) is 11.0 Å². The number of para-hydroxylation sites is 1. The lowest BCUT2D eigenvalue weighted by molar-refractivity contribution is 0.396. The van der Waals surface area contributed by atoms with Crippen LogP contribution in [-0.2, 0) is 19.3 Å². The number of nitrogens with one attached hydrogen (secondary N) is 2. The zero-order valence-corrected chi connectivity index (χ0v) is 14.5. The van der Waals surface area contributed by atoms with E-state index in [1.165, 1.54) is 59.8 Å².